The molecule has 0 rings (SSSR count). The lowest BCUT2D eigenvalue weighted by Crippen LogP contribution is -2.00. The first-order chi connectivity index (χ1) is 7.74. The van der Waals surface area contributed by atoms with Gasteiger partial charge in [-0.1, -0.05) is 25.3 Å². The van der Waals surface area contributed by atoms with Crippen molar-refractivity contribution in [2.75, 3.05) is 6.54 Å². The third-order valence-electron chi connectivity index (χ3n) is 1.54. The van der Waals surface area contributed by atoms with E-state index in [-0.39, 0.29) is 0 Å². The zero-order valence-corrected chi connectivity index (χ0v) is 9.10. The second-order valence-corrected chi connectivity index (χ2v) is 2.70. The molecule has 0 aliphatic rings. The average Bonchev–Trinajstić information content (AvgIpc) is 2.31. The highest BCUT2D eigenvalue weighted by Gasteiger charge is 1.84. The normalized spacial score (nSPS) is 13.4. The van der Waals surface area contributed by atoms with Crippen molar-refractivity contribution in [1.82, 2.24) is 0 Å². The Kier molecular flexibility index (Phi) is 8.55. The Hall–Kier alpha value is -1.87. The summed E-state index contributed by atoms with van der Waals surface area (Å²) in [6.45, 7) is 7.23. The van der Waals surface area contributed by atoms with Gasteiger partial charge in [0.1, 0.15) is 5.83 Å². The number of allylic oxidation sites excluding steroid dienone is 6. The summed E-state index contributed by atoms with van der Waals surface area (Å²) in [5.41, 5.74) is 6.33. The van der Waals surface area contributed by atoms with Crippen molar-refractivity contribution in [2.45, 2.75) is 0 Å². The van der Waals surface area contributed by atoms with Crippen molar-refractivity contribution in [3.05, 3.63) is 73.5 Å². The molecule has 0 aliphatic heterocycles. The molecule has 0 unspecified atom stereocenters. The molecule has 0 aromatic rings. The number of halogens is 1. The fraction of sp³-hybridized carbons (Fsp3) is 0.0769. The molecule has 0 saturated heterocycles. The lowest BCUT2D eigenvalue weighted by Gasteiger charge is -1.94. The molecule has 0 saturated carbocycles. The maximum Gasteiger partial charge on any atom is 0.122 e. The Morgan fingerprint density at radius 2 is 2.00 bits per heavy atom. The van der Waals surface area contributed by atoms with Gasteiger partial charge in [0, 0.05) is 6.54 Å². The van der Waals surface area contributed by atoms with Crippen LogP contribution in [0.15, 0.2) is 73.5 Å². The molecule has 0 aromatic heterocycles. The van der Waals surface area contributed by atoms with Crippen molar-refractivity contribution < 1.29 is 9.13 Å². The molecule has 86 valence electrons. The summed E-state index contributed by atoms with van der Waals surface area (Å²) in [4.78, 5) is 0. The summed E-state index contributed by atoms with van der Waals surface area (Å²) in [6.07, 6.45) is 11.7. The molecule has 0 fully saturated rings. The molecule has 0 heterocycles. The van der Waals surface area contributed by atoms with Gasteiger partial charge in [0.2, 0.25) is 0 Å². The maximum absolute atomic E-state index is 12.5. The zero-order valence-electron chi connectivity index (χ0n) is 9.10. The van der Waals surface area contributed by atoms with E-state index in [2.05, 4.69) is 13.2 Å². The van der Waals surface area contributed by atoms with Crippen LogP contribution in [0, 0.1) is 0 Å². The van der Waals surface area contributed by atoms with Gasteiger partial charge in [-0.3, -0.25) is 0 Å². The second kappa shape index (κ2) is 9.68. The average molecular weight is 221 g/mol. The lowest BCUT2D eigenvalue weighted by atomic mass is 10.2. The molecule has 3 heteroatoms. The Morgan fingerprint density at radius 1 is 1.25 bits per heavy atom. The number of rotatable bonds is 7. The quantitative estimate of drug-likeness (QED) is 0.529. The number of hydrogen-bond donors (Lipinski definition) is 1. The van der Waals surface area contributed by atoms with Crippen molar-refractivity contribution in [3.63, 3.8) is 0 Å². The number of hydrogen-bond acceptors (Lipinski definition) is 2. The monoisotopic (exact) mass is 221 g/mol. The van der Waals surface area contributed by atoms with Crippen LogP contribution in [0.4, 0.5) is 4.39 Å². The van der Waals surface area contributed by atoms with E-state index in [9.17, 15) is 4.39 Å². The summed E-state index contributed by atoms with van der Waals surface area (Å²) in [7, 11) is 0. The molecule has 0 bridgehead atoms. The molecule has 2 nitrogen and oxygen atoms in total. The Balaban J connectivity index is 4.06. The van der Waals surface area contributed by atoms with Gasteiger partial charge in [0.05, 0.1) is 12.5 Å². The van der Waals surface area contributed by atoms with E-state index >= 15 is 0 Å². The highest BCUT2D eigenvalue weighted by Crippen LogP contribution is 1.98. The van der Waals surface area contributed by atoms with E-state index in [0.717, 1.165) is 11.6 Å². The van der Waals surface area contributed by atoms with Gasteiger partial charge in [0.15, 0.2) is 0 Å². The predicted molar refractivity (Wildman–Crippen MR) is 66.1 cm³/mol. The molecule has 0 aromatic carbocycles. The van der Waals surface area contributed by atoms with Crippen molar-refractivity contribution in [3.8, 4) is 0 Å². The molecule has 0 amide bonds. The number of ether oxygens (including phenoxy) is 1. The van der Waals surface area contributed by atoms with Crippen LogP contribution in [0.2, 0.25) is 0 Å². The van der Waals surface area contributed by atoms with E-state index in [1.807, 2.05) is 0 Å². The fourth-order valence-corrected chi connectivity index (χ4v) is 0.760. The predicted octanol–water partition coefficient (Wildman–Crippen LogP) is 3.14. The topological polar surface area (TPSA) is 35.2 Å². The SMILES string of the molecule is C=C/C=C(\C=C\O/C=C/C=C(/F)C=C)CN. The Bertz CT molecular complexity index is 338. The molecular formula is C13H16FNO. The largest absolute Gasteiger partial charge is 0.473 e. The minimum absolute atomic E-state index is 0.403. The van der Waals surface area contributed by atoms with Crippen molar-refractivity contribution >= 4 is 0 Å². The highest BCUT2D eigenvalue weighted by atomic mass is 19.1. The van der Waals surface area contributed by atoms with E-state index < -0.39 is 5.83 Å². The molecule has 16 heavy (non-hydrogen) atoms. The molecular weight excluding hydrogens is 205 g/mol. The van der Waals surface area contributed by atoms with Gasteiger partial charge in [-0.2, -0.15) is 0 Å². The van der Waals surface area contributed by atoms with Crippen LogP contribution in [0.3, 0.4) is 0 Å². The minimum Gasteiger partial charge on any atom is -0.473 e. The Morgan fingerprint density at radius 3 is 2.56 bits per heavy atom. The molecule has 0 spiro atoms. The van der Waals surface area contributed by atoms with E-state index in [1.54, 1.807) is 18.2 Å². The first-order valence-corrected chi connectivity index (χ1v) is 4.73. The second-order valence-electron chi connectivity index (χ2n) is 2.70. The summed E-state index contributed by atoms with van der Waals surface area (Å²) in [6, 6.07) is 0. The van der Waals surface area contributed by atoms with Gasteiger partial charge in [0.25, 0.3) is 0 Å². The Labute approximate surface area is 95.6 Å². The first kappa shape index (κ1) is 14.1. The van der Waals surface area contributed by atoms with E-state index in [4.69, 9.17) is 10.5 Å². The first-order valence-electron chi connectivity index (χ1n) is 4.73. The molecule has 0 aliphatic carbocycles. The van der Waals surface area contributed by atoms with Crippen LogP contribution in [0.5, 0.6) is 0 Å². The standard InChI is InChI=1S/C13H16FNO/c1-3-6-12(11-15)8-10-16-9-5-7-13(14)4-2/h3-10H,1-2,11,15H2/b9-5+,10-8+,12-6+,13-7+. The van der Waals surface area contributed by atoms with Crippen LogP contribution in [-0.4, -0.2) is 6.54 Å². The van der Waals surface area contributed by atoms with Crippen LogP contribution < -0.4 is 5.73 Å². The molecule has 2 N–H and O–H groups in total. The van der Waals surface area contributed by atoms with Crippen LogP contribution >= 0.6 is 0 Å². The summed E-state index contributed by atoms with van der Waals surface area (Å²) in [5.74, 6) is -0.418. The number of nitrogens with two attached hydrogens (primary N) is 1. The summed E-state index contributed by atoms with van der Waals surface area (Å²) < 4.78 is 17.5. The van der Waals surface area contributed by atoms with Gasteiger partial charge >= 0.3 is 0 Å². The van der Waals surface area contributed by atoms with Gasteiger partial charge < -0.3 is 10.5 Å². The van der Waals surface area contributed by atoms with Crippen molar-refractivity contribution in [1.29, 1.82) is 0 Å². The van der Waals surface area contributed by atoms with Crippen LogP contribution in [0.25, 0.3) is 0 Å². The van der Waals surface area contributed by atoms with Crippen molar-refractivity contribution in [2.24, 2.45) is 5.73 Å². The van der Waals surface area contributed by atoms with Gasteiger partial charge in [-0.05, 0) is 29.9 Å². The third kappa shape index (κ3) is 7.53. The molecule has 0 radical (unpaired) electrons. The van der Waals surface area contributed by atoms with Crippen LogP contribution in [-0.2, 0) is 4.74 Å². The van der Waals surface area contributed by atoms with Gasteiger partial charge in [-0.25, -0.2) is 4.39 Å². The molecule has 0 atom stereocenters. The third-order valence-corrected chi connectivity index (χ3v) is 1.54. The summed E-state index contributed by atoms with van der Waals surface area (Å²) >= 11 is 0. The lowest BCUT2D eigenvalue weighted by molar-refractivity contribution is 0.402. The zero-order chi connectivity index (χ0) is 12.2. The minimum atomic E-state index is -0.418. The summed E-state index contributed by atoms with van der Waals surface area (Å²) in [5, 5.41) is 0. The van der Waals surface area contributed by atoms with E-state index in [0.29, 0.717) is 6.54 Å². The van der Waals surface area contributed by atoms with E-state index in [1.165, 1.54) is 24.7 Å². The maximum atomic E-state index is 12.5. The smallest absolute Gasteiger partial charge is 0.122 e. The van der Waals surface area contributed by atoms with Crippen LogP contribution in [0.1, 0.15) is 0 Å². The fourth-order valence-electron chi connectivity index (χ4n) is 0.760. The van der Waals surface area contributed by atoms with Gasteiger partial charge in [-0.15, -0.1) is 0 Å². The highest BCUT2D eigenvalue weighted by molar-refractivity contribution is 5.23.